The van der Waals surface area contributed by atoms with E-state index in [1.54, 1.807) is 0 Å². The Morgan fingerprint density at radius 3 is 2.26 bits per heavy atom. The van der Waals surface area contributed by atoms with Gasteiger partial charge in [-0.1, -0.05) is 37.3 Å². The highest BCUT2D eigenvalue weighted by Crippen LogP contribution is 2.31. The molecule has 19 heavy (non-hydrogen) atoms. The summed E-state index contributed by atoms with van der Waals surface area (Å²) in [5, 5.41) is 3.79. The Balaban J connectivity index is 1.83. The summed E-state index contributed by atoms with van der Waals surface area (Å²) in [4.78, 5) is 4.12. The fraction of sp³-hybridized carbons (Fsp3) is 0.353. The molecule has 1 fully saturated rings. The topological polar surface area (TPSA) is 24.9 Å². The van der Waals surface area contributed by atoms with Crippen LogP contribution in [0.25, 0.3) is 0 Å². The molecule has 0 amide bonds. The van der Waals surface area contributed by atoms with Gasteiger partial charge in [-0.2, -0.15) is 0 Å². The maximum atomic E-state index is 4.12. The van der Waals surface area contributed by atoms with Crippen LogP contribution in [0.4, 0.5) is 0 Å². The van der Waals surface area contributed by atoms with Gasteiger partial charge in [0.05, 0.1) is 6.04 Å². The van der Waals surface area contributed by atoms with Gasteiger partial charge in [0.1, 0.15) is 0 Å². The summed E-state index contributed by atoms with van der Waals surface area (Å²) in [6.07, 6.45) is 6.32. The first-order chi connectivity index (χ1) is 9.33. The van der Waals surface area contributed by atoms with Gasteiger partial charge in [-0.3, -0.25) is 4.98 Å². The van der Waals surface area contributed by atoms with Gasteiger partial charge in [-0.25, -0.2) is 0 Å². The van der Waals surface area contributed by atoms with Gasteiger partial charge in [0.2, 0.25) is 0 Å². The smallest absolute Gasteiger partial charge is 0.0579 e. The van der Waals surface area contributed by atoms with Crippen LogP contribution in [0.1, 0.15) is 36.9 Å². The Labute approximate surface area is 114 Å². The number of hydrogen-bond acceptors (Lipinski definition) is 2. The lowest BCUT2D eigenvalue weighted by Crippen LogP contribution is -2.42. The zero-order valence-corrected chi connectivity index (χ0v) is 11.3. The van der Waals surface area contributed by atoms with E-state index in [-0.39, 0.29) is 6.04 Å². The van der Waals surface area contributed by atoms with E-state index in [0.29, 0.717) is 6.04 Å². The third kappa shape index (κ3) is 2.85. The number of rotatable bonds is 4. The first kappa shape index (κ1) is 12.4. The van der Waals surface area contributed by atoms with E-state index in [1.165, 1.54) is 24.0 Å². The average molecular weight is 252 g/mol. The average Bonchev–Trinajstić information content (AvgIpc) is 2.44. The Hall–Kier alpha value is -1.67. The summed E-state index contributed by atoms with van der Waals surface area (Å²) >= 11 is 0. The van der Waals surface area contributed by atoms with Crippen molar-refractivity contribution in [3.05, 3.63) is 66.0 Å². The van der Waals surface area contributed by atoms with Crippen molar-refractivity contribution in [3.63, 3.8) is 0 Å². The molecule has 2 heteroatoms. The predicted molar refractivity (Wildman–Crippen MR) is 77.8 cm³/mol. The van der Waals surface area contributed by atoms with Crippen molar-refractivity contribution in [2.24, 2.45) is 5.92 Å². The van der Waals surface area contributed by atoms with Gasteiger partial charge in [0, 0.05) is 18.4 Å². The van der Waals surface area contributed by atoms with Gasteiger partial charge in [-0.15, -0.1) is 0 Å². The van der Waals surface area contributed by atoms with Crippen LogP contribution in [0.15, 0.2) is 54.9 Å². The highest BCUT2D eigenvalue weighted by molar-refractivity contribution is 5.30. The van der Waals surface area contributed by atoms with Gasteiger partial charge in [-0.05, 0) is 42.0 Å². The second kappa shape index (κ2) is 5.54. The van der Waals surface area contributed by atoms with Gasteiger partial charge in [0.25, 0.3) is 0 Å². The predicted octanol–water partition coefficient (Wildman–Crippen LogP) is 3.56. The quantitative estimate of drug-likeness (QED) is 0.900. The van der Waals surface area contributed by atoms with E-state index in [2.05, 4.69) is 59.7 Å². The third-order valence-corrected chi connectivity index (χ3v) is 3.95. The Morgan fingerprint density at radius 2 is 1.63 bits per heavy atom. The highest BCUT2D eigenvalue weighted by Gasteiger charge is 2.28. The Kier molecular flexibility index (Phi) is 3.60. The standard InChI is InChI=1S/C17H20N2/c1-13-11-16(12-13)19-17(14-5-3-2-4-6-14)15-7-9-18-10-8-15/h2-10,13,16-17,19H,11-12H2,1H3. The maximum absolute atomic E-state index is 4.12. The molecule has 2 aromatic rings. The van der Waals surface area contributed by atoms with E-state index >= 15 is 0 Å². The molecule has 0 spiro atoms. The first-order valence-electron chi connectivity index (χ1n) is 7.04. The Morgan fingerprint density at radius 1 is 1.00 bits per heavy atom. The van der Waals surface area contributed by atoms with Crippen LogP contribution in [0.3, 0.4) is 0 Å². The molecule has 1 saturated carbocycles. The number of benzene rings is 1. The number of pyridine rings is 1. The van der Waals surface area contributed by atoms with Crippen LogP contribution in [0.5, 0.6) is 0 Å². The largest absolute Gasteiger partial charge is 0.303 e. The zero-order chi connectivity index (χ0) is 13.1. The van der Waals surface area contributed by atoms with Gasteiger partial charge < -0.3 is 5.32 Å². The highest BCUT2D eigenvalue weighted by atomic mass is 15.0. The van der Waals surface area contributed by atoms with Crippen LogP contribution in [0, 0.1) is 5.92 Å². The van der Waals surface area contributed by atoms with Gasteiger partial charge >= 0.3 is 0 Å². The SMILES string of the molecule is CC1CC(NC(c2ccccc2)c2ccncc2)C1. The maximum Gasteiger partial charge on any atom is 0.0579 e. The fourth-order valence-electron chi connectivity index (χ4n) is 2.86. The van der Waals surface area contributed by atoms with Crippen molar-refractivity contribution in [2.45, 2.75) is 31.8 Å². The normalized spacial score (nSPS) is 23.6. The Bertz CT molecular complexity index is 464. The molecule has 1 aromatic carbocycles. The van der Waals surface area contributed by atoms with E-state index in [1.807, 2.05) is 12.4 Å². The lowest BCUT2D eigenvalue weighted by atomic mass is 9.81. The number of aromatic nitrogens is 1. The van der Waals surface area contributed by atoms with Crippen LogP contribution < -0.4 is 5.32 Å². The van der Waals surface area contributed by atoms with Crippen LogP contribution in [-0.2, 0) is 0 Å². The fourth-order valence-corrected chi connectivity index (χ4v) is 2.86. The summed E-state index contributed by atoms with van der Waals surface area (Å²) < 4.78 is 0. The van der Waals surface area contributed by atoms with E-state index in [0.717, 1.165) is 5.92 Å². The van der Waals surface area contributed by atoms with Crippen LogP contribution in [-0.4, -0.2) is 11.0 Å². The molecule has 0 saturated heterocycles. The van der Waals surface area contributed by atoms with Crippen molar-refractivity contribution >= 4 is 0 Å². The minimum Gasteiger partial charge on any atom is -0.303 e. The van der Waals surface area contributed by atoms with Crippen molar-refractivity contribution in [3.8, 4) is 0 Å². The van der Waals surface area contributed by atoms with Crippen molar-refractivity contribution < 1.29 is 0 Å². The summed E-state index contributed by atoms with van der Waals surface area (Å²) in [7, 11) is 0. The molecule has 0 aliphatic heterocycles. The molecule has 0 radical (unpaired) electrons. The zero-order valence-electron chi connectivity index (χ0n) is 11.3. The molecule has 0 bridgehead atoms. The summed E-state index contributed by atoms with van der Waals surface area (Å²) in [6.45, 7) is 2.32. The molecular weight excluding hydrogens is 232 g/mol. The molecule has 1 atom stereocenters. The third-order valence-electron chi connectivity index (χ3n) is 3.95. The molecule has 1 N–H and O–H groups in total. The second-order valence-corrected chi connectivity index (χ2v) is 5.56. The minimum atomic E-state index is 0.279. The van der Waals surface area contributed by atoms with Crippen LogP contribution in [0.2, 0.25) is 0 Å². The lowest BCUT2D eigenvalue weighted by Gasteiger charge is -2.37. The van der Waals surface area contributed by atoms with Crippen molar-refractivity contribution in [1.29, 1.82) is 0 Å². The van der Waals surface area contributed by atoms with Crippen LogP contribution >= 0.6 is 0 Å². The molecule has 1 aliphatic carbocycles. The summed E-state index contributed by atoms with van der Waals surface area (Å²) in [6, 6.07) is 15.8. The molecule has 1 aromatic heterocycles. The summed E-state index contributed by atoms with van der Waals surface area (Å²) in [5.41, 5.74) is 2.62. The lowest BCUT2D eigenvalue weighted by molar-refractivity contribution is 0.230. The molecule has 1 unspecified atom stereocenters. The van der Waals surface area contributed by atoms with E-state index in [4.69, 9.17) is 0 Å². The molecule has 2 nitrogen and oxygen atoms in total. The van der Waals surface area contributed by atoms with Crippen molar-refractivity contribution in [1.82, 2.24) is 10.3 Å². The molecule has 98 valence electrons. The number of nitrogens with one attached hydrogen (secondary N) is 1. The number of nitrogens with zero attached hydrogens (tertiary/aromatic N) is 1. The number of hydrogen-bond donors (Lipinski definition) is 1. The monoisotopic (exact) mass is 252 g/mol. The molecule has 1 heterocycles. The molecule has 3 rings (SSSR count). The summed E-state index contributed by atoms with van der Waals surface area (Å²) in [5.74, 6) is 0.867. The molecule has 1 aliphatic rings. The molecular formula is C17H20N2. The minimum absolute atomic E-state index is 0.279. The van der Waals surface area contributed by atoms with E-state index in [9.17, 15) is 0 Å². The van der Waals surface area contributed by atoms with Gasteiger partial charge in [0.15, 0.2) is 0 Å². The first-order valence-corrected chi connectivity index (χ1v) is 7.04. The van der Waals surface area contributed by atoms with E-state index < -0.39 is 0 Å². The second-order valence-electron chi connectivity index (χ2n) is 5.56. The van der Waals surface area contributed by atoms with Crippen molar-refractivity contribution in [2.75, 3.05) is 0 Å².